The van der Waals surface area contributed by atoms with Crippen LogP contribution in [-0.4, -0.2) is 66.4 Å². The molecule has 1 aliphatic heterocycles. The fourth-order valence-corrected chi connectivity index (χ4v) is 4.52. The highest BCUT2D eigenvalue weighted by Crippen LogP contribution is 2.35. The van der Waals surface area contributed by atoms with Crippen LogP contribution in [0.5, 0.6) is 11.5 Å². The van der Waals surface area contributed by atoms with E-state index < -0.39 is 0 Å². The van der Waals surface area contributed by atoms with Gasteiger partial charge in [-0.1, -0.05) is 13.3 Å². The summed E-state index contributed by atoms with van der Waals surface area (Å²) in [6.45, 7) is 7.44. The summed E-state index contributed by atoms with van der Waals surface area (Å²) in [6.07, 6.45) is 7.85. The first-order valence-corrected chi connectivity index (χ1v) is 12.1. The molecule has 9 heteroatoms. The molecule has 0 atom stereocenters. The van der Waals surface area contributed by atoms with E-state index >= 15 is 0 Å². The summed E-state index contributed by atoms with van der Waals surface area (Å²) in [7, 11) is 1.65. The molecule has 4 rings (SSSR count). The second kappa shape index (κ2) is 11.4. The Morgan fingerprint density at radius 3 is 2.81 bits per heavy atom. The van der Waals surface area contributed by atoms with Crippen molar-refractivity contribution in [2.45, 2.75) is 32.6 Å². The highest BCUT2D eigenvalue weighted by atomic mass is 32.1. The van der Waals surface area contributed by atoms with Crippen molar-refractivity contribution >= 4 is 33.2 Å². The van der Waals surface area contributed by atoms with Crippen molar-refractivity contribution < 1.29 is 14.2 Å². The third-order valence-corrected chi connectivity index (χ3v) is 6.43. The molecule has 32 heavy (non-hydrogen) atoms. The Balaban J connectivity index is 1.43. The molecular weight excluding hydrogens is 426 g/mol. The van der Waals surface area contributed by atoms with Crippen LogP contribution in [0.3, 0.4) is 0 Å². The number of thiazole rings is 1. The molecule has 1 N–H and O–H groups in total. The molecule has 3 heterocycles. The Morgan fingerprint density at radius 2 is 2.00 bits per heavy atom. The lowest BCUT2D eigenvalue weighted by Gasteiger charge is -2.26. The minimum atomic E-state index is 0.620. The van der Waals surface area contributed by atoms with E-state index in [2.05, 4.69) is 32.1 Å². The number of anilines is 2. The zero-order valence-corrected chi connectivity index (χ0v) is 19.6. The first-order valence-electron chi connectivity index (χ1n) is 11.2. The van der Waals surface area contributed by atoms with Crippen LogP contribution in [0.15, 0.2) is 24.7 Å². The van der Waals surface area contributed by atoms with E-state index in [9.17, 15) is 0 Å². The molecule has 0 saturated carbocycles. The second-order valence-corrected chi connectivity index (χ2v) is 8.87. The van der Waals surface area contributed by atoms with Crippen LogP contribution in [0, 0.1) is 0 Å². The summed E-state index contributed by atoms with van der Waals surface area (Å²) in [4.78, 5) is 17.1. The van der Waals surface area contributed by atoms with Crippen molar-refractivity contribution in [2.75, 3.05) is 51.9 Å². The van der Waals surface area contributed by atoms with Crippen LogP contribution in [0.1, 0.15) is 31.1 Å². The highest BCUT2D eigenvalue weighted by Gasteiger charge is 2.14. The number of morpholine rings is 1. The summed E-state index contributed by atoms with van der Waals surface area (Å²) in [5.74, 6) is 2.08. The van der Waals surface area contributed by atoms with Gasteiger partial charge in [-0.3, -0.25) is 4.90 Å². The van der Waals surface area contributed by atoms with Crippen LogP contribution in [0.25, 0.3) is 10.9 Å². The second-order valence-electron chi connectivity index (χ2n) is 7.76. The van der Waals surface area contributed by atoms with Gasteiger partial charge in [-0.25, -0.2) is 15.0 Å². The van der Waals surface area contributed by atoms with Crippen molar-refractivity contribution in [1.29, 1.82) is 0 Å². The number of benzene rings is 1. The van der Waals surface area contributed by atoms with Gasteiger partial charge in [0.2, 0.25) is 0 Å². The summed E-state index contributed by atoms with van der Waals surface area (Å²) >= 11 is 1.66. The molecule has 0 spiro atoms. The lowest BCUT2D eigenvalue weighted by Crippen LogP contribution is -2.37. The number of unbranched alkanes of at least 4 members (excludes halogenated alkanes) is 1. The molecular formula is C23H31N5O3S. The number of rotatable bonds is 11. The maximum absolute atomic E-state index is 6.05. The molecule has 1 aromatic carbocycles. The van der Waals surface area contributed by atoms with Gasteiger partial charge in [0, 0.05) is 42.2 Å². The number of hydrogen-bond donors (Lipinski definition) is 1. The van der Waals surface area contributed by atoms with Gasteiger partial charge in [0.05, 0.1) is 32.4 Å². The fourth-order valence-electron chi connectivity index (χ4n) is 3.66. The molecule has 3 aromatic rings. The number of ether oxygens (including phenoxy) is 3. The highest BCUT2D eigenvalue weighted by molar-refractivity contribution is 7.15. The van der Waals surface area contributed by atoms with E-state index in [0.717, 1.165) is 61.7 Å². The molecule has 0 radical (unpaired) electrons. The number of nitrogens with one attached hydrogen (secondary N) is 1. The Morgan fingerprint density at radius 1 is 1.12 bits per heavy atom. The molecule has 8 nitrogen and oxygen atoms in total. The zero-order chi connectivity index (χ0) is 22.2. The number of fused-ring (bicyclic) bond motifs is 1. The Kier molecular flexibility index (Phi) is 8.08. The summed E-state index contributed by atoms with van der Waals surface area (Å²) < 4.78 is 17.1. The van der Waals surface area contributed by atoms with Gasteiger partial charge in [-0.05, 0) is 25.3 Å². The van der Waals surface area contributed by atoms with Gasteiger partial charge in [-0.2, -0.15) is 0 Å². The van der Waals surface area contributed by atoms with Crippen LogP contribution in [0.2, 0.25) is 0 Å². The Bertz CT molecular complexity index is 1010. The summed E-state index contributed by atoms with van der Waals surface area (Å²) in [5, 5.41) is 5.05. The van der Waals surface area contributed by atoms with Crippen LogP contribution >= 0.6 is 11.3 Å². The van der Waals surface area contributed by atoms with Gasteiger partial charge in [-0.15, -0.1) is 11.3 Å². The van der Waals surface area contributed by atoms with Gasteiger partial charge in [0.25, 0.3) is 0 Å². The molecule has 172 valence electrons. The Labute approximate surface area is 192 Å². The molecule has 2 aromatic heterocycles. The smallest absolute Gasteiger partial charge is 0.188 e. The summed E-state index contributed by atoms with van der Waals surface area (Å²) in [6, 6.07) is 3.85. The van der Waals surface area contributed by atoms with Crippen molar-refractivity contribution in [3.05, 3.63) is 29.5 Å². The lowest BCUT2D eigenvalue weighted by atomic mass is 10.2. The fraction of sp³-hybridized carbons (Fsp3) is 0.522. The molecule has 1 saturated heterocycles. The molecule has 0 bridgehead atoms. The van der Waals surface area contributed by atoms with Crippen molar-refractivity contribution in [3.63, 3.8) is 0 Å². The number of aromatic nitrogens is 3. The Hall–Kier alpha value is -2.49. The van der Waals surface area contributed by atoms with Crippen LogP contribution in [-0.2, 0) is 11.2 Å². The lowest BCUT2D eigenvalue weighted by molar-refractivity contribution is 0.0357. The van der Waals surface area contributed by atoms with E-state index in [1.807, 2.05) is 18.3 Å². The van der Waals surface area contributed by atoms with Crippen LogP contribution < -0.4 is 14.8 Å². The van der Waals surface area contributed by atoms with Gasteiger partial charge in [0.1, 0.15) is 12.1 Å². The predicted octanol–water partition coefficient (Wildman–Crippen LogP) is 4.28. The third kappa shape index (κ3) is 5.85. The maximum atomic E-state index is 6.05. The van der Waals surface area contributed by atoms with Crippen molar-refractivity contribution in [2.24, 2.45) is 0 Å². The van der Waals surface area contributed by atoms with E-state index in [1.165, 1.54) is 17.7 Å². The summed E-state index contributed by atoms with van der Waals surface area (Å²) in [5.41, 5.74) is 0.800. The van der Waals surface area contributed by atoms with E-state index in [-0.39, 0.29) is 0 Å². The minimum absolute atomic E-state index is 0.620. The normalized spacial score (nSPS) is 14.6. The standard InChI is InChI=1S/C23H31N5O3S/c1-3-4-6-17-15-24-23(32-17)27-22-18-13-20(29-2)21(14-19(18)25-16-26-22)31-10-5-7-28-8-11-30-12-9-28/h13-16H,3-12H2,1-2H3,(H,24,25,26,27). The number of nitrogens with zero attached hydrogens (tertiary/aromatic N) is 4. The average molecular weight is 458 g/mol. The van der Waals surface area contributed by atoms with E-state index in [1.54, 1.807) is 24.8 Å². The van der Waals surface area contributed by atoms with Gasteiger partial charge >= 0.3 is 0 Å². The largest absolute Gasteiger partial charge is 0.493 e. The van der Waals surface area contributed by atoms with Crippen LogP contribution in [0.4, 0.5) is 10.9 Å². The zero-order valence-electron chi connectivity index (χ0n) is 18.8. The molecule has 1 aliphatic rings. The molecule has 0 unspecified atom stereocenters. The average Bonchev–Trinajstić information content (AvgIpc) is 3.28. The monoisotopic (exact) mass is 457 g/mol. The van der Waals surface area contributed by atoms with Crippen molar-refractivity contribution in [3.8, 4) is 11.5 Å². The number of aryl methyl sites for hydroxylation is 1. The van der Waals surface area contributed by atoms with E-state index in [4.69, 9.17) is 14.2 Å². The molecule has 0 aliphatic carbocycles. The topological polar surface area (TPSA) is 81.6 Å². The number of methoxy groups -OCH3 is 1. The minimum Gasteiger partial charge on any atom is -0.493 e. The van der Waals surface area contributed by atoms with Crippen molar-refractivity contribution in [1.82, 2.24) is 19.9 Å². The van der Waals surface area contributed by atoms with Gasteiger partial charge < -0.3 is 19.5 Å². The number of hydrogen-bond acceptors (Lipinski definition) is 9. The first-order chi connectivity index (χ1) is 15.8. The first kappa shape index (κ1) is 22.7. The molecule has 0 amide bonds. The third-order valence-electron chi connectivity index (χ3n) is 5.46. The van der Waals surface area contributed by atoms with Gasteiger partial charge in [0.15, 0.2) is 16.6 Å². The SMILES string of the molecule is CCCCc1cnc(Nc2ncnc3cc(OCCCN4CCOCC4)c(OC)cc23)s1. The van der Waals surface area contributed by atoms with E-state index in [0.29, 0.717) is 23.9 Å². The maximum Gasteiger partial charge on any atom is 0.188 e. The molecule has 1 fully saturated rings. The quantitative estimate of drug-likeness (QED) is 0.427. The predicted molar refractivity (Wildman–Crippen MR) is 127 cm³/mol.